The second-order valence-electron chi connectivity index (χ2n) is 5.17. The van der Waals surface area contributed by atoms with Gasteiger partial charge in [0, 0.05) is 30.7 Å². The summed E-state index contributed by atoms with van der Waals surface area (Å²) in [6, 6.07) is 3.91. The summed E-state index contributed by atoms with van der Waals surface area (Å²) in [5, 5.41) is 11.2. The third-order valence-corrected chi connectivity index (χ3v) is 4.49. The van der Waals surface area contributed by atoms with Crippen molar-refractivity contribution in [2.75, 3.05) is 0 Å². The van der Waals surface area contributed by atoms with Crippen LogP contribution in [0.1, 0.15) is 29.8 Å². The Bertz CT molecular complexity index is 812. The fraction of sp³-hybridized carbons (Fsp3) is 0.357. The highest BCUT2D eigenvalue weighted by molar-refractivity contribution is 7.11. The Morgan fingerprint density at radius 3 is 2.70 bits per heavy atom. The van der Waals surface area contributed by atoms with Gasteiger partial charge in [-0.2, -0.15) is 0 Å². The van der Waals surface area contributed by atoms with Crippen LogP contribution in [-0.4, -0.2) is 19.3 Å². The number of rotatable bonds is 3. The molecular weight excluding hydrogens is 272 g/mol. The van der Waals surface area contributed by atoms with Crippen LogP contribution in [0.4, 0.5) is 0 Å². The number of hydrogen-bond donors (Lipinski definition) is 0. The Balaban J connectivity index is 2.00. The fourth-order valence-corrected chi connectivity index (χ4v) is 3.01. The van der Waals surface area contributed by atoms with Crippen LogP contribution in [0.2, 0.25) is 0 Å². The van der Waals surface area contributed by atoms with Gasteiger partial charge in [0.25, 0.3) is 5.56 Å². The van der Waals surface area contributed by atoms with E-state index in [0.29, 0.717) is 12.5 Å². The van der Waals surface area contributed by atoms with Gasteiger partial charge < -0.3 is 9.13 Å². The molecule has 0 unspecified atom stereocenters. The van der Waals surface area contributed by atoms with Gasteiger partial charge >= 0.3 is 0 Å². The summed E-state index contributed by atoms with van der Waals surface area (Å²) in [5.74, 6) is 0.369. The van der Waals surface area contributed by atoms with Gasteiger partial charge in [-0.3, -0.25) is 4.79 Å². The Labute approximate surface area is 120 Å². The lowest BCUT2D eigenvalue weighted by molar-refractivity contribution is 0.740. The summed E-state index contributed by atoms with van der Waals surface area (Å²) in [6.07, 6.45) is 3.72. The summed E-state index contributed by atoms with van der Waals surface area (Å²) < 4.78 is 3.54. The SMILES string of the molecule is CC(C)c1nnc(Cn2ccc3ccn(C)c3c2=O)s1. The first kappa shape index (κ1) is 13.1. The summed E-state index contributed by atoms with van der Waals surface area (Å²) in [6.45, 7) is 4.66. The van der Waals surface area contributed by atoms with E-state index in [1.165, 1.54) is 0 Å². The molecule has 0 bridgehead atoms. The fourth-order valence-electron chi connectivity index (χ4n) is 2.17. The van der Waals surface area contributed by atoms with Crippen molar-refractivity contribution < 1.29 is 0 Å². The zero-order valence-electron chi connectivity index (χ0n) is 11.7. The minimum atomic E-state index is 0.0105. The third-order valence-electron chi connectivity index (χ3n) is 3.28. The van der Waals surface area contributed by atoms with E-state index >= 15 is 0 Å². The average Bonchev–Trinajstić information content (AvgIpc) is 3.00. The molecule has 0 spiro atoms. The molecule has 0 aromatic carbocycles. The molecule has 3 heterocycles. The van der Waals surface area contributed by atoms with E-state index in [2.05, 4.69) is 24.0 Å². The lowest BCUT2D eigenvalue weighted by atomic mass is 10.2. The van der Waals surface area contributed by atoms with Crippen LogP contribution in [0.3, 0.4) is 0 Å². The van der Waals surface area contributed by atoms with Gasteiger partial charge in [-0.05, 0) is 12.1 Å². The predicted octanol–water partition coefficient (Wildman–Crippen LogP) is 2.36. The van der Waals surface area contributed by atoms with Crippen molar-refractivity contribution >= 4 is 22.2 Å². The molecule has 0 amide bonds. The summed E-state index contributed by atoms with van der Waals surface area (Å²) in [5.41, 5.74) is 0.734. The van der Waals surface area contributed by atoms with Crippen molar-refractivity contribution in [3.05, 3.63) is 44.9 Å². The van der Waals surface area contributed by atoms with Crippen LogP contribution >= 0.6 is 11.3 Å². The van der Waals surface area contributed by atoms with Crippen molar-refractivity contribution in [3.8, 4) is 0 Å². The molecule has 20 heavy (non-hydrogen) atoms. The Kier molecular flexibility index (Phi) is 3.17. The number of nitrogens with zero attached hydrogens (tertiary/aromatic N) is 4. The first-order valence-electron chi connectivity index (χ1n) is 6.53. The summed E-state index contributed by atoms with van der Waals surface area (Å²) >= 11 is 1.57. The van der Waals surface area contributed by atoms with Crippen molar-refractivity contribution in [1.29, 1.82) is 0 Å². The van der Waals surface area contributed by atoms with Crippen LogP contribution in [0, 0.1) is 0 Å². The molecule has 3 rings (SSSR count). The molecule has 0 aliphatic heterocycles. The molecule has 0 N–H and O–H groups in total. The highest BCUT2D eigenvalue weighted by atomic mass is 32.1. The van der Waals surface area contributed by atoms with Crippen LogP contribution in [0.25, 0.3) is 10.9 Å². The van der Waals surface area contributed by atoms with Crippen LogP contribution in [0.15, 0.2) is 29.3 Å². The lowest BCUT2D eigenvalue weighted by Crippen LogP contribution is -2.21. The van der Waals surface area contributed by atoms with Crippen LogP contribution in [-0.2, 0) is 13.6 Å². The standard InChI is InChI=1S/C14H16N4OS/c1-9(2)13-16-15-11(20-13)8-18-7-5-10-4-6-17(3)12(10)14(18)19/h4-7,9H,8H2,1-3H3. The largest absolute Gasteiger partial charge is 0.346 e. The summed E-state index contributed by atoms with van der Waals surface area (Å²) in [7, 11) is 1.88. The monoisotopic (exact) mass is 288 g/mol. The van der Waals surface area contributed by atoms with Gasteiger partial charge in [0.2, 0.25) is 0 Å². The van der Waals surface area contributed by atoms with Gasteiger partial charge in [0.1, 0.15) is 15.5 Å². The molecule has 3 aromatic rings. The Hall–Kier alpha value is -1.95. The normalized spacial score (nSPS) is 11.6. The second-order valence-corrected chi connectivity index (χ2v) is 6.26. The van der Waals surface area contributed by atoms with Crippen molar-refractivity contribution in [2.45, 2.75) is 26.3 Å². The first-order valence-corrected chi connectivity index (χ1v) is 7.34. The van der Waals surface area contributed by atoms with Gasteiger partial charge in [-0.25, -0.2) is 0 Å². The highest BCUT2D eigenvalue weighted by Crippen LogP contribution is 2.19. The zero-order chi connectivity index (χ0) is 14.3. The molecular formula is C14H16N4OS. The van der Waals surface area contributed by atoms with Crippen LogP contribution in [0.5, 0.6) is 0 Å². The highest BCUT2D eigenvalue weighted by Gasteiger charge is 2.11. The van der Waals surface area contributed by atoms with Gasteiger partial charge in [-0.15, -0.1) is 10.2 Å². The summed E-state index contributed by atoms with van der Waals surface area (Å²) in [4.78, 5) is 12.5. The minimum absolute atomic E-state index is 0.0105. The quantitative estimate of drug-likeness (QED) is 0.743. The molecule has 0 saturated carbocycles. The van der Waals surface area contributed by atoms with Gasteiger partial charge in [-0.1, -0.05) is 25.2 Å². The molecule has 3 aromatic heterocycles. The van der Waals surface area contributed by atoms with Crippen molar-refractivity contribution in [1.82, 2.24) is 19.3 Å². The first-order chi connectivity index (χ1) is 9.56. The molecule has 0 saturated heterocycles. The molecule has 0 fully saturated rings. The minimum Gasteiger partial charge on any atom is -0.346 e. The zero-order valence-corrected chi connectivity index (χ0v) is 12.5. The number of pyridine rings is 1. The molecule has 6 heteroatoms. The van der Waals surface area contributed by atoms with Crippen molar-refractivity contribution in [2.24, 2.45) is 7.05 Å². The maximum absolute atomic E-state index is 12.5. The van der Waals surface area contributed by atoms with Gasteiger partial charge in [0.15, 0.2) is 0 Å². The number of fused-ring (bicyclic) bond motifs is 1. The van der Waals surface area contributed by atoms with E-state index in [1.807, 2.05) is 36.1 Å². The average molecular weight is 288 g/mol. The predicted molar refractivity (Wildman–Crippen MR) is 80.3 cm³/mol. The van der Waals surface area contributed by atoms with E-state index in [9.17, 15) is 4.79 Å². The Morgan fingerprint density at radius 1 is 1.25 bits per heavy atom. The molecule has 0 atom stereocenters. The van der Waals surface area contributed by atoms with E-state index < -0.39 is 0 Å². The molecule has 5 nitrogen and oxygen atoms in total. The maximum atomic E-state index is 12.5. The molecule has 0 aliphatic carbocycles. The maximum Gasteiger partial charge on any atom is 0.275 e. The van der Waals surface area contributed by atoms with E-state index in [-0.39, 0.29) is 5.56 Å². The number of hydrogen-bond acceptors (Lipinski definition) is 4. The lowest BCUT2D eigenvalue weighted by Gasteiger charge is -2.04. The molecule has 0 radical (unpaired) electrons. The topological polar surface area (TPSA) is 52.7 Å². The smallest absolute Gasteiger partial charge is 0.275 e. The number of aromatic nitrogens is 4. The van der Waals surface area contributed by atoms with Crippen molar-refractivity contribution in [3.63, 3.8) is 0 Å². The molecule has 0 aliphatic rings. The number of aryl methyl sites for hydroxylation is 1. The third kappa shape index (κ3) is 2.16. The van der Waals surface area contributed by atoms with Crippen LogP contribution < -0.4 is 5.56 Å². The van der Waals surface area contributed by atoms with E-state index in [1.54, 1.807) is 15.9 Å². The van der Waals surface area contributed by atoms with E-state index in [0.717, 1.165) is 20.9 Å². The van der Waals surface area contributed by atoms with Gasteiger partial charge in [0.05, 0.1) is 6.54 Å². The molecule has 104 valence electrons. The van der Waals surface area contributed by atoms with E-state index in [4.69, 9.17) is 0 Å². The second kappa shape index (κ2) is 4.86. The Morgan fingerprint density at radius 2 is 2.00 bits per heavy atom.